The number of hydrogen-bond donors (Lipinski definition) is 3. The van der Waals surface area contributed by atoms with Crippen molar-refractivity contribution in [2.75, 3.05) is 13.6 Å². The maximum Gasteiger partial charge on any atom is 1.00 e. The molecule has 3 N–H and O–H groups in total. The normalized spacial score (nSPS) is 13.9. The molecular weight excluding hydrogens is 414 g/mol. The van der Waals surface area contributed by atoms with E-state index in [0.717, 1.165) is 46.6 Å². The summed E-state index contributed by atoms with van der Waals surface area (Å²) in [5.74, 6) is -0.428. The zero-order valence-electron chi connectivity index (χ0n) is 16.9. The Bertz CT molecular complexity index is 942. The molecule has 1 aliphatic heterocycles. The maximum absolute atomic E-state index is 14.1. The number of rotatable bonds is 8. The number of benzene rings is 2. The third kappa shape index (κ3) is 5.72. The second kappa shape index (κ2) is 11.3. The summed E-state index contributed by atoms with van der Waals surface area (Å²) in [6.07, 6.45) is 6.18. The van der Waals surface area contributed by atoms with Crippen molar-refractivity contribution in [3.8, 4) is 0 Å². The van der Waals surface area contributed by atoms with Gasteiger partial charge in [-0.05, 0) is 40.8 Å². The summed E-state index contributed by atoms with van der Waals surface area (Å²) in [5, 5.41) is 18.6. The minimum absolute atomic E-state index is 0. The first-order chi connectivity index (χ1) is 13.6. The van der Waals surface area contributed by atoms with E-state index in [1.165, 1.54) is 12.3 Å². The molecule has 0 saturated heterocycles. The second-order valence-electron chi connectivity index (χ2n) is 6.52. The monoisotopic (exact) mass is 436 g/mol. The van der Waals surface area contributed by atoms with Crippen molar-refractivity contribution in [2.24, 2.45) is 0 Å². The molecule has 0 radical (unpaired) electrons. The molecular formula is C22H23ClFKN4. The van der Waals surface area contributed by atoms with E-state index in [0.29, 0.717) is 0 Å². The average molecular weight is 437 g/mol. The van der Waals surface area contributed by atoms with Gasteiger partial charge in [-0.25, -0.2) is 4.39 Å². The Morgan fingerprint density at radius 3 is 2.66 bits per heavy atom. The summed E-state index contributed by atoms with van der Waals surface area (Å²) in [6, 6.07) is 10.6. The number of nitrogens with zero attached hydrogens (tertiary/aromatic N) is 1. The van der Waals surface area contributed by atoms with Crippen LogP contribution in [0.5, 0.6) is 0 Å². The molecule has 2 aromatic carbocycles. The Morgan fingerprint density at radius 1 is 1.34 bits per heavy atom. The van der Waals surface area contributed by atoms with Crippen LogP contribution in [0.15, 0.2) is 54.2 Å². The standard InChI is InChI=1S/C22H23ClFN4.K/c1-3-4-20(14-5-6-16(11-25)21(10-14)26-2)28-22(17-12-27-13-17)15-7-8-18(23)19(24)9-15;/h4-12,22,25,27-28H,3,13H2,1-2H3;/q-1;+1/b20-4-,25-11?;. The summed E-state index contributed by atoms with van der Waals surface area (Å²) in [5.41, 5.74) is 5.39. The van der Waals surface area contributed by atoms with E-state index in [1.807, 2.05) is 30.5 Å². The first kappa shape index (κ1) is 24.1. The van der Waals surface area contributed by atoms with Gasteiger partial charge in [0.05, 0.1) is 11.1 Å². The van der Waals surface area contributed by atoms with Crippen LogP contribution in [0.1, 0.15) is 36.1 Å². The summed E-state index contributed by atoms with van der Waals surface area (Å²) >= 11 is 5.86. The van der Waals surface area contributed by atoms with Gasteiger partial charge in [-0.15, -0.1) is 12.7 Å². The first-order valence-corrected chi connectivity index (χ1v) is 9.53. The summed E-state index contributed by atoms with van der Waals surface area (Å²) in [4.78, 5) is 0. The van der Waals surface area contributed by atoms with Gasteiger partial charge in [-0.2, -0.15) is 0 Å². The molecule has 0 saturated carbocycles. The van der Waals surface area contributed by atoms with Crippen molar-refractivity contribution in [3.05, 3.63) is 87.1 Å². The minimum atomic E-state index is -0.428. The van der Waals surface area contributed by atoms with Crippen LogP contribution in [0.25, 0.3) is 11.0 Å². The largest absolute Gasteiger partial charge is 1.00 e. The van der Waals surface area contributed by atoms with E-state index < -0.39 is 5.82 Å². The van der Waals surface area contributed by atoms with Crippen molar-refractivity contribution in [3.63, 3.8) is 0 Å². The fraction of sp³-hybridized carbons (Fsp3) is 0.227. The Kier molecular flexibility index (Phi) is 9.39. The summed E-state index contributed by atoms with van der Waals surface area (Å²) in [7, 11) is 1.72. The van der Waals surface area contributed by atoms with Gasteiger partial charge >= 0.3 is 51.4 Å². The molecule has 146 valence electrons. The molecule has 0 aliphatic carbocycles. The van der Waals surface area contributed by atoms with Crippen LogP contribution in [0.3, 0.4) is 0 Å². The van der Waals surface area contributed by atoms with E-state index >= 15 is 0 Å². The number of halogens is 2. The Labute approximate surface area is 218 Å². The van der Waals surface area contributed by atoms with Crippen LogP contribution in [0.2, 0.25) is 5.02 Å². The molecule has 0 bridgehead atoms. The van der Waals surface area contributed by atoms with Gasteiger partial charge in [-0.3, -0.25) is 0 Å². The van der Waals surface area contributed by atoms with Crippen LogP contribution in [-0.2, 0) is 0 Å². The van der Waals surface area contributed by atoms with Crippen molar-refractivity contribution in [1.82, 2.24) is 10.6 Å². The van der Waals surface area contributed by atoms with Crippen molar-refractivity contribution in [1.29, 1.82) is 5.41 Å². The number of hydrogen-bond acceptors (Lipinski definition) is 3. The molecule has 29 heavy (non-hydrogen) atoms. The molecule has 2 aromatic rings. The predicted octanol–water partition coefficient (Wildman–Crippen LogP) is 2.68. The fourth-order valence-electron chi connectivity index (χ4n) is 3.13. The van der Waals surface area contributed by atoms with Gasteiger partial charge in [0.1, 0.15) is 5.82 Å². The molecule has 1 unspecified atom stereocenters. The minimum Gasteiger partial charge on any atom is -0.686 e. The van der Waals surface area contributed by atoms with E-state index in [9.17, 15) is 4.39 Å². The maximum atomic E-state index is 14.1. The molecule has 4 nitrogen and oxygen atoms in total. The second-order valence-corrected chi connectivity index (χ2v) is 6.93. The van der Waals surface area contributed by atoms with Crippen LogP contribution >= 0.6 is 11.6 Å². The topological polar surface area (TPSA) is 62.0 Å². The molecule has 0 fully saturated rings. The van der Waals surface area contributed by atoms with Crippen LogP contribution < -0.4 is 62.0 Å². The molecule has 7 heteroatoms. The van der Waals surface area contributed by atoms with Gasteiger partial charge in [0.25, 0.3) is 0 Å². The van der Waals surface area contributed by atoms with Crippen molar-refractivity contribution < 1.29 is 55.8 Å². The smallest absolute Gasteiger partial charge is 0.686 e. The van der Waals surface area contributed by atoms with Gasteiger partial charge in [0.2, 0.25) is 0 Å². The molecule has 0 amide bonds. The predicted molar refractivity (Wildman–Crippen MR) is 115 cm³/mol. The molecule has 0 aromatic heterocycles. The Morgan fingerprint density at radius 2 is 2.10 bits per heavy atom. The van der Waals surface area contributed by atoms with Crippen molar-refractivity contribution in [2.45, 2.75) is 19.4 Å². The third-order valence-electron chi connectivity index (χ3n) is 4.69. The number of nitrogens with one attached hydrogen (secondary N) is 3. The molecule has 0 spiro atoms. The summed E-state index contributed by atoms with van der Waals surface area (Å²) in [6.45, 7) is 2.81. The zero-order valence-corrected chi connectivity index (χ0v) is 20.8. The summed E-state index contributed by atoms with van der Waals surface area (Å²) < 4.78 is 14.1. The SMILES string of the molecule is CC/C=C(\NC(C1=CNC1)c1ccc(Cl)c(F)c1)c1ccc(C=N)c([N-]C)c1.[K+]. The quantitative estimate of drug-likeness (QED) is 0.440. The van der Waals surface area contributed by atoms with E-state index in [1.54, 1.807) is 13.1 Å². The van der Waals surface area contributed by atoms with E-state index in [-0.39, 0.29) is 62.4 Å². The van der Waals surface area contributed by atoms with Gasteiger partial charge in [-0.1, -0.05) is 48.9 Å². The van der Waals surface area contributed by atoms with Gasteiger partial charge in [0, 0.05) is 24.7 Å². The van der Waals surface area contributed by atoms with Crippen molar-refractivity contribution >= 4 is 29.2 Å². The average Bonchev–Trinajstić information content (AvgIpc) is 2.67. The van der Waals surface area contributed by atoms with Gasteiger partial charge < -0.3 is 21.4 Å². The van der Waals surface area contributed by atoms with E-state index in [4.69, 9.17) is 17.0 Å². The molecule has 1 heterocycles. The Balaban J connectivity index is 0.00000300. The Hall–Kier alpha value is -1.15. The van der Waals surface area contributed by atoms with Crippen LogP contribution in [-0.4, -0.2) is 19.8 Å². The molecule has 3 rings (SSSR count). The molecule has 1 atom stereocenters. The van der Waals surface area contributed by atoms with Crippen LogP contribution in [0.4, 0.5) is 10.1 Å². The number of allylic oxidation sites excluding steroid dienone is 1. The first-order valence-electron chi connectivity index (χ1n) is 9.16. The van der Waals surface area contributed by atoms with E-state index in [2.05, 4.69) is 29.0 Å². The molecule has 1 aliphatic rings. The fourth-order valence-corrected chi connectivity index (χ4v) is 3.25. The third-order valence-corrected chi connectivity index (χ3v) is 4.99. The van der Waals surface area contributed by atoms with Gasteiger partial charge in [0.15, 0.2) is 0 Å². The van der Waals surface area contributed by atoms with Crippen LogP contribution in [0, 0.1) is 11.2 Å². The zero-order chi connectivity index (χ0) is 20.1.